The number of hydrogen-bond donors (Lipinski definition) is 2. The van der Waals surface area contributed by atoms with Gasteiger partial charge in [-0.25, -0.2) is 0 Å². The Morgan fingerprint density at radius 1 is 1.07 bits per heavy atom. The van der Waals surface area contributed by atoms with Gasteiger partial charge >= 0.3 is 0 Å². The summed E-state index contributed by atoms with van der Waals surface area (Å²) >= 11 is 2.49. The summed E-state index contributed by atoms with van der Waals surface area (Å²) in [4.78, 5) is 24.5. The third-order valence-electron chi connectivity index (χ3n) is 3.96. The summed E-state index contributed by atoms with van der Waals surface area (Å²) in [6.45, 7) is 3.97. The van der Waals surface area contributed by atoms with Crippen LogP contribution in [0.4, 0.5) is 10.8 Å². The molecule has 29 heavy (non-hydrogen) atoms. The molecule has 9 heteroatoms. The number of anilines is 2. The van der Waals surface area contributed by atoms with Gasteiger partial charge in [0, 0.05) is 11.3 Å². The maximum atomic E-state index is 12.3. The third-order valence-corrected chi connectivity index (χ3v) is 5.93. The van der Waals surface area contributed by atoms with Gasteiger partial charge in [-0.05, 0) is 49.7 Å². The highest BCUT2D eigenvalue weighted by atomic mass is 32.2. The van der Waals surface area contributed by atoms with Gasteiger partial charge in [0.25, 0.3) is 5.91 Å². The van der Waals surface area contributed by atoms with Crippen molar-refractivity contribution in [1.82, 2.24) is 10.2 Å². The number of aromatic nitrogens is 2. The van der Waals surface area contributed by atoms with Crippen LogP contribution in [0.5, 0.6) is 5.75 Å². The molecule has 0 aliphatic rings. The van der Waals surface area contributed by atoms with Gasteiger partial charge in [-0.15, -0.1) is 10.2 Å². The van der Waals surface area contributed by atoms with Crippen LogP contribution in [0.2, 0.25) is 0 Å². The van der Waals surface area contributed by atoms with Crippen molar-refractivity contribution in [2.45, 2.75) is 18.2 Å². The summed E-state index contributed by atoms with van der Waals surface area (Å²) in [6.07, 6.45) is 0. The molecule has 150 valence electrons. The van der Waals surface area contributed by atoms with Crippen molar-refractivity contribution in [3.8, 4) is 5.75 Å². The topological polar surface area (TPSA) is 93.2 Å². The predicted molar refractivity (Wildman–Crippen MR) is 116 cm³/mol. The van der Waals surface area contributed by atoms with Crippen LogP contribution in [0.15, 0.2) is 46.8 Å². The number of amides is 2. The first-order chi connectivity index (χ1) is 13.9. The molecule has 7 nitrogen and oxygen atoms in total. The first-order valence-corrected chi connectivity index (χ1v) is 10.5. The van der Waals surface area contributed by atoms with E-state index < -0.39 is 0 Å². The number of rotatable bonds is 7. The molecule has 0 aliphatic heterocycles. The average molecular weight is 429 g/mol. The number of carbonyl (C=O) groups is 2. The first-order valence-electron chi connectivity index (χ1n) is 8.73. The van der Waals surface area contributed by atoms with Gasteiger partial charge in [0.1, 0.15) is 5.75 Å². The number of ether oxygens (including phenoxy) is 1. The summed E-state index contributed by atoms with van der Waals surface area (Å²) in [6, 6.07) is 12.6. The number of benzene rings is 2. The van der Waals surface area contributed by atoms with Crippen molar-refractivity contribution < 1.29 is 14.3 Å². The maximum absolute atomic E-state index is 12.3. The fraction of sp³-hybridized carbons (Fsp3) is 0.200. The highest BCUT2D eigenvalue weighted by Gasteiger charge is 2.12. The molecule has 0 unspecified atom stereocenters. The lowest BCUT2D eigenvalue weighted by atomic mass is 10.1. The number of thioether (sulfide) groups is 1. The fourth-order valence-corrected chi connectivity index (χ4v) is 4.04. The molecular weight excluding hydrogens is 408 g/mol. The minimum absolute atomic E-state index is 0.124. The largest absolute Gasteiger partial charge is 0.497 e. The van der Waals surface area contributed by atoms with Crippen LogP contribution in [0.3, 0.4) is 0 Å². The number of aryl methyl sites for hydroxylation is 2. The molecule has 0 saturated carbocycles. The minimum atomic E-state index is -0.284. The van der Waals surface area contributed by atoms with Crippen LogP contribution in [-0.4, -0.2) is 34.9 Å². The van der Waals surface area contributed by atoms with Crippen LogP contribution < -0.4 is 15.4 Å². The molecular formula is C20H20N4O3S2. The molecule has 3 rings (SSSR count). The van der Waals surface area contributed by atoms with E-state index in [1.165, 1.54) is 23.1 Å². The summed E-state index contributed by atoms with van der Waals surface area (Å²) < 4.78 is 5.68. The van der Waals surface area contributed by atoms with Gasteiger partial charge < -0.3 is 10.1 Å². The normalized spacial score (nSPS) is 10.4. The van der Waals surface area contributed by atoms with Crippen molar-refractivity contribution in [3.05, 3.63) is 59.2 Å². The van der Waals surface area contributed by atoms with Crippen molar-refractivity contribution >= 4 is 45.7 Å². The Kier molecular flexibility index (Phi) is 6.84. The second-order valence-electron chi connectivity index (χ2n) is 6.21. The lowest BCUT2D eigenvalue weighted by Crippen LogP contribution is -2.14. The molecule has 3 aromatic rings. The zero-order chi connectivity index (χ0) is 20.8. The summed E-state index contributed by atoms with van der Waals surface area (Å²) in [5, 5.41) is 14.0. The molecule has 1 aromatic heterocycles. The minimum Gasteiger partial charge on any atom is -0.497 e. The lowest BCUT2D eigenvalue weighted by Gasteiger charge is -2.08. The van der Waals surface area contributed by atoms with E-state index in [-0.39, 0.29) is 17.6 Å². The van der Waals surface area contributed by atoms with E-state index in [0.717, 1.165) is 16.8 Å². The Morgan fingerprint density at radius 2 is 1.83 bits per heavy atom. The Bertz CT molecular complexity index is 1020. The number of carbonyl (C=O) groups excluding carboxylic acids is 2. The Labute approximate surface area is 176 Å². The second-order valence-corrected chi connectivity index (χ2v) is 8.41. The molecule has 1 heterocycles. The molecule has 0 spiro atoms. The number of methoxy groups -OCH3 is 1. The van der Waals surface area contributed by atoms with Crippen molar-refractivity contribution in [2.24, 2.45) is 0 Å². The number of nitrogens with one attached hydrogen (secondary N) is 2. The van der Waals surface area contributed by atoms with Gasteiger partial charge in [-0.3, -0.25) is 14.9 Å². The molecule has 0 aliphatic carbocycles. The molecule has 0 saturated heterocycles. The maximum Gasteiger partial charge on any atom is 0.257 e. The van der Waals surface area contributed by atoms with E-state index in [2.05, 4.69) is 20.8 Å². The summed E-state index contributed by atoms with van der Waals surface area (Å²) in [5.74, 6) is 0.471. The van der Waals surface area contributed by atoms with Crippen LogP contribution >= 0.6 is 23.1 Å². The van der Waals surface area contributed by atoms with Gasteiger partial charge in [0.05, 0.1) is 12.9 Å². The van der Waals surface area contributed by atoms with Crippen LogP contribution in [0.1, 0.15) is 21.5 Å². The van der Waals surface area contributed by atoms with Crippen LogP contribution in [0, 0.1) is 13.8 Å². The number of hydrogen-bond acceptors (Lipinski definition) is 7. The van der Waals surface area contributed by atoms with Gasteiger partial charge in [-0.2, -0.15) is 0 Å². The molecule has 0 bridgehead atoms. The Morgan fingerprint density at radius 3 is 2.52 bits per heavy atom. The molecule has 0 atom stereocenters. The van der Waals surface area contributed by atoms with Gasteiger partial charge in [0.2, 0.25) is 11.0 Å². The fourth-order valence-electron chi connectivity index (χ4n) is 2.50. The van der Waals surface area contributed by atoms with E-state index in [1.54, 1.807) is 31.4 Å². The third kappa shape index (κ3) is 5.78. The van der Waals surface area contributed by atoms with E-state index in [1.807, 2.05) is 32.0 Å². The van der Waals surface area contributed by atoms with Crippen molar-refractivity contribution in [3.63, 3.8) is 0 Å². The van der Waals surface area contributed by atoms with Crippen molar-refractivity contribution in [1.29, 1.82) is 0 Å². The standard InChI is InChI=1S/C20H20N4O3S2/c1-12-4-9-16(13(2)10-12)21-17(25)11-28-20-24-23-19(29-20)22-18(26)14-5-7-15(27-3)8-6-14/h4-10H,11H2,1-3H3,(H,21,25)(H,22,23,26). The van der Waals surface area contributed by atoms with Crippen molar-refractivity contribution in [2.75, 3.05) is 23.5 Å². The highest BCUT2D eigenvalue weighted by Crippen LogP contribution is 2.26. The summed E-state index contributed by atoms with van der Waals surface area (Å²) in [7, 11) is 1.57. The van der Waals surface area contributed by atoms with E-state index in [0.29, 0.717) is 20.8 Å². The molecule has 0 radical (unpaired) electrons. The summed E-state index contributed by atoms with van der Waals surface area (Å²) in [5.41, 5.74) is 3.45. The lowest BCUT2D eigenvalue weighted by molar-refractivity contribution is -0.113. The Balaban J connectivity index is 1.51. The molecule has 2 amide bonds. The quantitative estimate of drug-likeness (QED) is 0.434. The van der Waals surface area contributed by atoms with Gasteiger partial charge in [-0.1, -0.05) is 40.8 Å². The number of nitrogens with zero attached hydrogens (tertiary/aromatic N) is 2. The van der Waals surface area contributed by atoms with Gasteiger partial charge in [0.15, 0.2) is 4.34 Å². The smallest absolute Gasteiger partial charge is 0.257 e. The first kappa shape index (κ1) is 20.8. The molecule has 0 fully saturated rings. The van der Waals surface area contributed by atoms with E-state index >= 15 is 0 Å². The highest BCUT2D eigenvalue weighted by molar-refractivity contribution is 8.01. The van der Waals surface area contributed by atoms with E-state index in [4.69, 9.17) is 4.74 Å². The predicted octanol–water partition coefficient (Wildman–Crippen LogP) is 4.15. The van der Waals surface area contributed by atoms with E-state index in [9.17, 15) is 9.59 Å². The van der Waals surface area contributed by atoms with Crippen LogP contribution in [0.25, 0.3) is 0 Å². The SMILES string of the molecule is COc1ccc(C(=O)Nc2nnc(SCC(=O)Nc3ccc(C)cc3C)s2)cc1. The van der Waals surface area contributed by atoms with Crippen LogP contribution in [-0.2, 0) is 4.79 Å². The average Bonchev–Trinajstić information content (AvgIpc) is 3.16. The Hall–Kier alpha value is -2.91. The zero-order valence-electron chi connectivity index (χ0n) is 16.2. The monoisotopic (exact) mass is 428 g/mol. The second kappa shape index (κ2) is 9.53. The molecule has 2 N–H and O–H groups in total. The zero-order valence-corrected chi connectivity index (χ0v) is 17.8. The molecule has 2 aromatic carbocycles.